The molecule has 0 bridgehead atoms. The van der Waals surface area contributed by atoms with Crippen molar-refractivity contribution in [3.63, 3.8) is 0 Å². The molecule has 4 N–H and O–H groups in total. The van der Waals surface area contributed by atoms with E-state index in [1.807, 2.05) is 0 Å². The molecule has 44 heavy (non-hydrogen) atoms. The number of aromatic nitrogens is 1. The van der Waals surface area contributed by atoms with Crippen molar-refractivity contribution in [2.75, 3.05) is 13.2 Å². The molecular weight excluding hydrogens is 584 g/mol. The van der Waals surface area contributed by atoms with E-state index in [4.69, 9.17) is 14.9 Å². The Morgan fingerprint density at radius 3 is 2.48 bits per heavy atom. The highest BCUT2D eigenvalue weighted by Gasteiger charge is 2.29. The average molecular weight is 619 g/mol. The van der Waals surface area contributed by atoms with E-state index in [9.17, 15) is 27.2 Å². The molecular formula is C31H34F4N4O5. The van der Waals surface area contributed by atoms with E-state index in [1.165, 1.54) is 24.3 Å². The third-order valence-corrected chi connectivity index (χ3v) is 7.71. The van der Waals surface area contributed by atoms with Crippen molar-refractivity contribution < 1.29 is 41.0 Å². The van der Waals surface area contributed by atoms with Gasteiger partial charge in [0.05, 0.1) is 18.7 Å². The number of rotatable bonds is 13. The van der Waals surface area contributed by atoms with Gasteiger partial charge >= 0.3 is 6.61 Å². The molecule has 236 valence electrons. The summed E-state index contributed by atoms with van der Waals surface area (Å²) < 4.78 is 70.7. The summed E-state index contributed by atoms with van der Waals surface area (Å²) in [5.41, 5.74) is 6.17. The first-order valence-corrected chi connectivity index (χ1v) is 14.6. The number of nitrogens with zero attached hydrogens (tertiary/aromatic N) is 1. The summed E-state index contributed by atoms with van der Waals surface area (Å²) in [6.45, 7) is -1.32. The lowest BCUT2D eigenvalue weighted by Crippen LogP contribution is -2.40. The van der Waals surface area contributed by atoms with E-state index in [2.05, 4.69) is 20.4 Å². The maximum Gasteiger partial charge on any atom is 0.387 e. The first-order valence-electron chi connectivity index (χ1n) is 14.6. The van der Waals surface area contributed by atoms with Crippen molar-refractivity contribution in [1.29, 1.82) is 0 Å². The van der Waals surface area contributed by atoms with Crippen LogP contribution in [0.1, 0.15) is 79.3 Å². The van der Waals surface area contributed by atoms with Gasteiger partial charge in [0.1, 0.15) is 11.6 Å². The van der Waals surface area contributed by atoms with Gasteiger partial charge in [0.25, 0.3) is 5.91 Å². The molecule has 2 amide bonds. The minimum atomic E-state index is -3.06. The minimum absolute atomic E-state index is 0.0131. The van der Waals surface area contributed by atoms with Gasteiger partial charge in [0, 0.05) is 29.7 Å². The predicted molar refractivity (Wildman–Crippen MR) is 151 cm³/mol. The third kappa shape index (κ3) is 7.68. The Labute approximate surface area is 251 Å². The quantitative estimate of drug-likeness (QED) is 0.206. The topological polar surface area (TPSA) is 129 Å². The van der Waals surface area contributed by atoms with Crippen molar-refractivity contribution in [1.82, 2.24) is 15.6 Å². The number of benzene rings is 2. The van der Waals surface area contributed by atoms with Crippen LogP contribution in [0.15, 0.2) is 40.8 Å². The molecule has 0 aliphatic heterocycles. The second-order valence-corrected chi connectivity index (χ2v) is 11.2. The van der Waals surface area contributed by atoms with Crippen LogP contribution in [-0.2, 0) is 4.79 Å². The fourth-order valence-corrected chi connectivity index (χ4v) is 5.15. The number of halogens is 4. The maximum absolute atomic E-state index is 14.9. The zero-order valence-electron chi connectivity index (χ0n) is 24.1. The Bertz CT molecular complexity index is 1490. The molecule has 3 aromatic rings. The van der Waals surface area contributed by atoms with Gasteiger partial charge in [-0.15, -0.1) is 0 Å². The van der Waals surface area contributed by atoms with E-state index >= 15 is 0 Å². The number of hydrogen-bond donors (Lipinski definition) is 3. The van der Waals surface area contributed by atoms with Crippen LogP contribution in [0.25, 0.3) is 11.5 Å². The van der Waals surface area contributed by atoms with Crippen molar-refractivity contribution in [3.05, 3.63) is 65.1 Å². The summed E-state index contributed by atoms with van der Waals surface area (Å²) in [6.07, 6.45) is 5.33. The highest BCUT2D eigenvalue weighted by atomic mass is 19.3. The Hall–Kier alpha value is -4.13. The van der Waals surface area contributed by atoms with Gasteiger partial charge in [-0.1, -0.05) is 18.9 Å². The van der Waals surface area contributed by atoms with E-state index in [-0.39, 0.29) is 52.8 Å². The van der Waals surface area contributed by atoms with Crippen molar-refractivity contribution in [2.24, 2.45) is 17.6 Å². The molecule has 2 aliphatic carbocycles. The predicted octanol–water partition coefficient (Wildman–Crippen LogP) is 5.81. The number of carbonyl (C=O) groups excluding carboxylic acids is 2. The molecule has 2 aliphatic rings. The second kappa shape index (κ2) is 13.7. The van der Waals surface area contributed by atoms with Gasteiger partial charge in [-0.3, -0.25) is 9.59 Å². The largest absolute Gasteiger partial charge is 0.489 e. The normalized spacial score (nSPS) is 16.5. The molecule has 2 fully saturated rings. The average Bonchev–Trinajstić information content (AvgIpc) is 3.43. The van der Waals surface area contributed by atoms with Gasteiger partial charge in [0.15, 0.2) is 23.0 Å². The number of amides is 2. The number of alkyl halides is 2. The van der Waals surface area contributed by atoms with Crippen LogP contribution >= 0.6 is 0 Å². The lowest BCUT2D eigenvalue weighted by atomic mass is 10.0. The Balaban J connectivity index is 1.41. The van der Waals surface area contributed by atoms with Crippen LogP contribution in [0, 0.1) is 23.5 Å². The summed E-state index contributed by atoms with van der Waals surface area (Å²) in [7, 11) is 0. The van der Waals surface area contributed by atoms with Crippen LogP contribution in [0.5, 0.6) is 11.5 Å². The summed E-state index contributed by atoms with van der Waals surface area (Å²) in [6, 6.07) is 5.21. The summed E-state index contributed by atoms with van der Waals surface area (Å²) >= 11 is 0. The summed E-state index contributed by atoms with van der Waals surface area (Å²) in [5.74, 6) is -2.64. The van der Waals surface area contributed by atoms with Crippen molar-refractivity contribution in [3.8, 4) is 23.0 Å². The zero-order chi connectivity index (χ0) is 31.4. The van der Waals surface area contributed by atoms with Crippen molar-refractivity contribution in [2.45, 2.75) is 64.1 Å². The van der Waals surface area contributed by atoms with Crippen LogP contribution in [0.2, 0.25) is 0 Å². The highest BCUT2D eigenvalue weighted by molar-refractivity contribution is 5.94. The molecule has 0 unspecified atom stereocenters. The van der Waals surface area contributed by atoms with Gasteiger partial charge in [-0.25, -0.2) is 13.8 Å². The van der Waals surface area contributed by atoms with E-state index in [0.29, 0.717) is 24.2 Å². The smallest absolute Gasteiger partial charge is 0.387 e. The molecule has 2 aromatic carbocycles. The molecule has 2 atom stereocenters. The number of nitrogens with two attached hydrogens (primary N) is 1. The molecule has 5 rings (SSSR count). The minimum Gasteiger partial charge on any atom is -0.489 e. The van der Waals surface area contributed by atoms with Gasteiger partial charge in [-0.2, -0.15) is 8.78 Å². The molecule has 1 heterocycles. The molecule has 9 nitrogen and oxygen atoms in total. The number of hydrogen-bond acceptors (Lipinski definition) is 7. The van der Waals surface area contributed by atoms with Crippen LogP contribution in [0.3, 0.4) is 0 Å². The summed E-state index contributed by atoms with van der Waals surface area (Å²) in [4.78, 5) is 30.6. The standard InChI is InChI=1S/C31H34F4N4O5/c1-16(36)27-26(39-30(44-27)19-8-11-24(43-31(34)35)25(12-19)42-15-17-6-7-17)29(41)38-23(21-10-9-20(32)13-22(21)33)14-37-28(40)18-4-2-3-5-18/h8-13,16-18,23,31H,2-7,14-15,36H2,1H3,(H,37,40)(H,38,41)/t16-,23-/m0/s1. The lowest BCUT2D eigenvalue weighted by molar-refractivity contribution is -0.124. The van der Waals surface area contributed by atoms with E-state index < -0.39 is 36.2 Å². The maximum atomic E-state index is 14.9. The first-order chi connectivity index (χ1) is 21.1. The van der Waals surface area contributed by atoms with Gasteiger partial charge in [0.2, 0.25) is 11.8 Å². The molecule has 0 saturated heterocycles. The number of carbonyl (C=O) groups is 2. The second-order valence-electron chi connectivity index (χ2n) is 11.2. The highest BCUT2D eigenvalue weighted by Crippen LogP contribution is 2.37. The molecule has 0 radical (unpaired) electrons. The summed E-state index contributed by atoms with van der Waals surface area (Å²) in [5, 5.41) is 5.45. The number of oxazole rings is 1. The molecule has 13 heteroatoms. The number of ether oxygens (including phenoxy) is 2. The van der Waals surface area contributed by atoms with Crippen LogP contribution in [0.4, 0.5) is 17.6 Å². The van der Waals surface area contributed by atoms with Gasteiger partial charge in [-0.05, 0) is 62.8 Å². The fraction of sp³-hybridized carbons (Fsp3) is 0.452. The SMILES string of the molecule is C[C@H](N)c1oc(-c2ccc(OC(F)F)c(OCC3CC3)c2)nc1C(=O)N[C@@H](CNC(=O)C1CCCC1)c1ccc(F)cc1F. The van der Waals surface area contributed by atoms with Crippen LogP contribution in [-0.4, -0.2) is 36.6 Å². The van der Waals surface area contributed by atoms with E-state index in [0.717, 1.165) is 44.6 Å². The zero-order valence-corrected chi connectivity index (χ0v) is 24.1. The van der Waals surface area contributed by atoms with E-state index in [1.54, 1.807) is 6.92 Å². The molecule has 2 saturated carbocycles. The molecule has 0 spiro atoms. The first kappa shape index (κ1) is 31.3. The van der Waals surface area contributed by atoms with Crippen molar-refractivity contribution >= 4 is 11.8 Å². The van der Waals surface area contributed by atoms with Crippen LogP contribution < -0.4 is 25.8 Å². The Kier molecular flexibility index (Phi) is 9.72. The Morgan fingerprint density at radius 1 is 1.07 bits per heavy atom. The fourth-order valence-electron chi connectivity index (χ4n) is 5.15. The monoisotopic (exact) mass is 618 g/mol. The Morgan fingerprint density at radius 2 is 1.82 bits per heavy atom. The third-order valence-electron chi connectivity index (χ3n) is 7.71. The molecule has 1 aromatic heterocycles. The lowest BCUT2D eigenvalue weighted by Gasteiger charge is -2.21. The van der Waals surface area contributed by atoms with Gasteiger partial charge < -0.3 is 30.3 Å². The number of nitrogens with one attached hydrogen (secondary N) is 2.